The van der Waals surface area contributed by atoms with Crippen LogP contribution >= 0.6 is 45.3 Å². The summed E-state index contributed by atoms with van der Waals surface area (Å²) in [4.78, 5) is 21.5. The molecule has 4 nitrogen and oxygen atoms in total. The number of fused-ring (bicyclic) bond motifs is 6. The van der Waals surface area contributed by atoms with Gasteiger partial charge in [0.05, 0.1) is 0 Å². The number of thiophene rings is 4. The van der Waals surface area contributed by atoms with E-state index in [0.29, 0.717) is 11.8 Å². The molecule has 8 aromatic rings. The number of unbranched alkanes of at least 4 members (excludes halogenated alkanes) is 6. The summed E-state index contributed by atoms with van der Waals surface area (Å²) in [5.74, 6) is -0.294. The quantitative estimate of drug-likeness (QED) is 0.0379. The fraction of sp³-hybridized carbons (Fsp3) is 0.304. The molecule has 2 atom stereocenters. The lowest BCUT2D eigenvalue weighted by Crippen LogP contribution is -2.24. The van der Waals surface area contributed by atoms with Crippen molar-refractivity contribution in [2.75, 3.05) is 4.90 Å². The molecule has 2 unspecified atom stereocenters. The molecule has 388 valence electrons. The van der Waals surface area contributed by atoms with Crippen LogP contribution in [0.15, 0.2) is 145 Å². The summed E-state index contributed by atoms with van der Waals surface area (Å²) in [5.41, 5.74) is 18.5. The second-order valence-electron chi connectivity index (χ2n) is 22.5. The van der Waals surface area contributed by atoms with E-state index < -0.39 is 5.97 Å². The number of allylic oxidation sites excluding steroid dienone is 6. The first kappa shape index (κ1) is 51.4. The Morgan fingerprint density at radius 1 is 0.675 bits per heavy atom. The van der Waals surface area contributed by atoms with Gasteiger partial charge in [-0.05, 0) is 166 Å². The van der Waals surface area contributed by atoms with Crippen molar-refractivity contribution in [2.45, 2.75) is 123 Å². The molecule has 0 radical (unpaired) electrons. The smallest absolute Gasteiger partial charge is 0.346 e. The molecule has 4 aromatic heterocycles. The van der Waals surface area contributed by atoms with Crippen molar-refractivity contribution >= 4 is 89.4 Å². The number of aryl methyl sites for hydroxylation is 2. The molecular weight excluding hydrogens is 1020 g/mol. The van der Waals surface area contributed by atoms with Crippen molar-refractivity contribution in [2.24, 2.45) is 11.8 Å². The summed E-state index contributed by atoms with van der Waals surface area (Å²) in [6.07, 6.45) is 23.9. The van der Waals surface area contributed by atoms with Gasteiger partial charge in [0.25, 0.3) is 0 Å². The molecule has 0 saturated carbocycles. The number of rotatable bonds is 19. The van der Waals surface area contributed by atoms with Crippen LogP contribution < -0.4 is 4.90 Å². The summed E-state index contributed by atoms with van der Waals surface area (Å²) in [7, 11) is 0. The van der Waals surface area contributed by atoms with Gasteiger partial charge in [-0.1, -0.05) is 153 Å². The Bertz CT molecular complexity index is 3740. The van der Waals surface area contributed by atoms with Gasteiger partial charge in [0, 0.05) is 72.5 Å². The van der Waals surface area contributed by atoms with Crippen molar-refractivity contribution in [3.63, 3.8) is 0 Å². The van der Waals surface area contributed by atoms with Gasteiger partial charge >= 0.3 is 5.97 Å². The first-order valence-corrected chi connectivity index (χ1v) is 31.2. The minimum Gasteiger partial charge on any atom is -0.477 e. The van der Waals surface area contributed by atoms with Crippen molar-refractivity contribution in [3.8, 4) is 47.1 Å². The number of hydrogen-bond donors (Lipinski definition) is 1. The van der Waals surface area contributed by atoms with Gasteiger partial charge in [-0.25, -0.2) is 4.79 Å². The highest BCUT2D eigenvalue weighted by Crippen LogP contribution is 2.58. The van der Waals surface area contributed by atoms with Gasteiger partial charge in [-0.3, -0.25) is 0 Å². The number of carboxylic acid groups (broad SMARTS) is 1. The van der Waals surface area contributed by atoms with E-state index in [0.717, 1.165) is 39.2 Å². The second kappa shape index (κ2) is 20.8. The highest BCUT2D eigenvalue weighted by Gasteiger charge is 2.47. The first-order chi connectivity index (χ1) is 37.4. The molecule has 8 heteroatoms. The summed E-state index contributed by atoms with van der Waals surface area (Å²) >= 11 is 7.19. The van der Waals surface area contributed by atoms with Crippen LogP contribution in [0.2, 0.25) is 0 Å². The number of benzene rings is 4. The number of aliphatic carboxylic acids is 1. The molecule has 4 aromatic carbocycles. The van der Waals surface area contributed by atoms with Crippen LogP contribution in [0.5, 0.6) is 0 Å². The average molecular weight is 1080 g/mol. The maximum absolute atomic E-state index is 11.6. The van der Waals surface area contributed by atoms with Gasteiger partial charge in [-0.2, -0.15) is 5.26 Å². The topological polar surface area (TPSA) is 64.3 Å². The fourth-order valence-corrected chi connectivity index (χ4v) is 17.8. The zero-order chi connectivity index (χ0) is 53.2. The third-order valence-corrected chi connectivity index (χ3v) is 22.1. The largest absolute Gasteiger partial charge is 0.477 e. The fourth-order valence-electron chi connectivity index (χ4n) is 12.8. The molecule has 0 fully saturated rings. The minimum atomic E-state index is -1.20. The van der Waals surface area contributed by atoms with Gasteiger partial charge in [0.2, 0.25) is 0 Å². The number of nitrogens with zero attached hydrogens (tertiary/aromatic N) is 2. The molecule has 0 amide bonds. The van der Waals surface area contributed by atoms with Crippen LogP contribution in [-0.2, 0) is 28.5 Å². The highest BCUT2D eigenvalue weighted by atomic mass is 32.1. The Balaban J connectivity index is 0.937. The molecule has 4 aliphatic carbocycles. The average Bonchev–Trinajstić information content (AvgIpc) is 4.01. The molecule has 4 heterocycles. The van der Waals surface area contributed by atoms with E-state index in [1.54, 1.807) is 22.7 Å². The maximum atomic E-state index is 11.6. The number of carboxylic acids is 1. The van der Waals surface area contributed by atoms with Crippen LogP contribution in [0, 0.1) is 23.2 Å². The molecule has 12 rings (SSSR count). The standard InChI is InChI=1S/C69H66N2O2S4/c1-7-9-11-13-19-44-36-63(66-45(20-14-12-10-8-2)35-59(76-66)62-40-61-60(75-62)39-51(74-61)34-46(41-70)67(72)73)77-65(44)43-24-28-48(29-25-43)71(49-31-33-54-57(37-49)68(4,5)56-23-17-18-42(3)64(54)56)50-30-32-53-52-21-15-16-22-55(52)69(6,47-26-27-47)58(53)38-50/h15-17,21-40,42,47H,7-14,18-20H2,1-6H3,(H,72,73)/b46-34+. The Kier molecular flexibility index (Phi) is 13.9. The Morgan fingerprint density at radius 2 is 1.30 bits per heavy atom. The van der Waals surface area contributed by atoms with Crippen molar-refractivity contribution in [3.05, 3.63) is 183 Å². The monoisotopic (exact) mass is 1080 g/mol. The van der Waals surface area contributed by atoms with E-state index in [-0.39, 0.29) is 16.4 Å². The Morgan fingerprint density at radius 3 is 1.99 bits per heavy atom. The summed E-state index contributed by atoms with van der Waals surface area (Å²) in [5, 5.41) is 18.9. The zero-order valence-corrected chi connectivity index (χ0v) is 48.4. The number of carbonyl (C=O) groups is 1. The van der Waals surface area contributed by atoms with E-state index in [4.69, 9.17) is 0 Å². The lowest BCUT2D eigenvalue weighted by Gasteiger charge is -2.31. The van der Waals surface area contributed by atoms with E-state index in [9.17, 15) is 15.2 Å². The van der Waals surface area contributed by atoms with Crippen LogP contribution in [0.25, 0.3) is 62.1 Å². The van der Waals surface area contributed by atoms with Crippen LogP contribution in [0.1, 0.15) is 138 Å². The molecule has 1 N–H and O–H groups in total. The van der Waals surface area contributed by atoms with Gasteiger partial charge in [-0.15, -0.1) is 45.3 Å². The van der Waals surface area contributed by atoms with E-state index in [1.807, 2.05) is 34.8 Å². The minimum absolute atomic E-state index is 0.100. The highest BCUT2D eigenvalue weighted by molar-refractivity contribution is 7.32. The first-order valence-electron chi connectivity index (χ1n) is 27.9. The van der Waals surface area contributed by atoms with E-state index in [1.165, 1.54) is 154 Å². The predicted molar refractivity (Wildman–Crippen MR) is 331 cm³/mol. The zero-order valence-electron chi connectivity index (χ0n) is 45.1. The summed E-state index contributed by atoms with van der Waals surface area (Å²) in [6.45, 7) is 14.3. The lowest BCUT2D eigenvalue weighted by molar-refractivity contribution is -0.132. The van der Waals surface area contributed by atoms with Crippen LogP contribution in [-0.4, -0.2) is 11.1 Å². The van der Waals surface area contributed by atoms with Gasteiger partial charge < -0.3 is 10.0 Å². The number of nitriles is 1. The van der Waals surface area contributed by atoms with Crippen molar-refractivity contribution < 1.29 is 9.90 Å². The lowest BCUT2D eigenvalue weighted by atomic mass is 9.75. The number of hydrogen-bond acceptors (Lipinski definition) is 7. The molecule has 4 aliphatic rings. The molecule has 0 aliphatic heterocycles. The molecule has 0 saturated heterocycles. The maximum Gasteiger partial charge on any atom is 0.346 e. The molecule has 0 spiro atoms. The summed E-state index contributed by atoms with van der Waals surface area (Å²) < 4.78 is 2.23. The normalized spacial score (nSPS) is 17.9. The van der Waals surface area contributed by atoms with E-state index >= 15 is 0 Å². The number of anilines is 3. The molecule has 0 bridgehead atoms. The van der Waals surface area contributed by atoms with Crippen molar-refractivity contribution in [1.29, 1.82) is 5.26 Å². The van der Waals surface area contributed by atoms with Gasteiger partial charge in [0.15, 0.2) is 0 Å². The third-order valence-electron chi connectivity index (χ3n) is 17.0. The van der Waals surface area contributed by atoms with Crippen molar-refractivity contribution in [1.82, 2.24) is 0 Å². The Labute approximate surface area is 471 Å². The predicted octanol–water partition coefficient (Wildman–Crippen LogP) is 20.9. The van der Waals surface area contributed by atoms with Crippen LogP contribution in [0.3, 0.4) is 0 Å². The molecular formula is C69H66N2O2S4. The molecule has 77 heavy (non-hydrogen) atoms. The van der Waals surface area contributed by atoms with Crippen LogP contribution in [0.4, 0.5) is 17.1 Å². The third kappa shape index (κ3) is 9.25. The SMILES string of the molecule is CCCCCCc1cc(-c2sc(-c3cc4sc(/C=C(\C#N)C(=O)O)cc4s3)cc2CCCCCC)sc1-c1ccc(N(c2ccc3c(c2)C(C)(C)C2=C3C(C)CC=C2)c2ccc3c(c2)C(C)(C2C=C2)c2ccccc2-3)cc1. The second-order valence-corrected chi connectivity index (χ2v) is 26.8. The summed E-state index contributed by atoms with van der Waals surface area (Å²) in [6, 6.07) is 44.2. The van der Waals surface area contributed by atoms with E-state index in [2.05, 4.69) is 174 Å². The van der Waals surface area contributed by atoms with Gasteiger partial charge in [0.1, 0.15) is 11.6 Å². The Hall–Kier alpha value is -6.34.